The molecule has 18 heavy (non-hydrogen) atoms. The summed E-state index contributed by atoms with van der Waals surface area (Å²) in [6, 6.07) is 9.02. The molecule has 3 heteroatoms. The van der Waals surface area contributed by atoms with E-state index in [1.54, 1.807) is 7.11 Å². The van der Waals surface area contributed by atoms with E-state index >= 15 is 0 Å². The Morgan fingerprint density at radius 3 is 2.56 bits per heavy atom. The molecule has 0 atom stereocenters. The van der Waals surface area contributed by atoms with Crippen LogP contribution in [0.1, 0.15) is 32.3 Å². The number of halogens is 1. The van der Waals surface area contributed by atoms with Crippen molar-refractivity contribution < 1.29 is 4.74 Å². The van der Waals surface area contributed by atoms with Gasteiger partial charge in [0.1, 0.15) is 5.75 Å². The smallest absolute Gasteiger partial charge is 0.119 e. The number of ether oxygens (including phenoxy) is 1. The fourth-order valence-electron chi connectivity index (χ4n) is 2.31. The van der Waals surface area contributed by atoms with Crippen molar-refractivity contribution in [2.24, 2.45) is 0 Å². The second-order valence-electron chi connectivity index (χ2n) is 4.48. The van der Waals surface area contributed by atoms with E-state index in [-0.39, 0.29) is 0 Å². The normalized spacial score (nSPS) is 11.2. The minimum Gasteiger partial charge on any atom is -0.497 e. The van der Waals surface area contributed by atoms with Gasteiger partial charge in [-0.05, 0) is 30.5 Å². The molecule has 0 saturated carbocycles. The van der Waals surface area contributed by atoms with Gasteiger partial charge in [-0.2, -0.15) is 0 Å². The molecule has 0 spiro atoms. The summed E-state index contributed by atoms with van der Waals surface area (Å²) in [5.41, 5.74) is 1.32. The van der Waals surface area contributed by atoms with Gasteiger partial charge < -0.3 is 4.74 Å². The number of hydrogen-bond acceptors (Lipinski definition) is 2. The molecule has 1 aromatic rings. The van der Waals surface area contributed by atoms with Crippen LogP contribution in [0.3, 0.4) is 0 Å². The van der Waals surface area contributed by atoms with Gasteiger partial charge in [0, 0.05) is 24.5 Å². The Morgan fingerprint density at radius 2 is 2.00 bits per heavy atom. The first-order chi connectivity index (χ1) is 8.74. The van der Waals surface area contributed by atoms with Crippen molar-refractivity contribution >= 4 is 15.9 Å². The van der Waals surface area contributed by atoms with E-state index in [1.807, 2.05) is 6.07 Å². The van der Waals surface area contributed by atoms with Crippen molar-refractivity contribution in [1.29, 1.82) is 0 Å². The number of benzene rings is 1. The zero-order valence-corrected chi connectivity index (χ0v) is 13.2. The van der Waals surface area contributed by atoms with Crippen LogP contribution >= 0.6 is 15.9 Å². The molecule has 0 radical (unpaired) electrons. The van der Waals surface area contributed by atoms with Crippen molar-refractivity contribution in [3.05, 3.63) is 29.8 Å². The van der Waals surface area contributed by atoms with E-state index in [2.05, 4.69) is 52.9 Å². The van der Waals surface area contributed by atoms with Gasteiger partial charge in [-0.25, -0.2) is 0 Å². The summed E-state index contributed by atoms with van der Waals surface area (Å²) in [4.78, 5) is 2.55. The Labute approximate surface area is 119 Å². The Kier molecular flexibility index (Phi) is 7.36. The van der Waals surface area contributed by atoms with Crippen LogP contribution in [0.4, 0.5) is 0 Å². The summed E-state index contributed by atoms with van der Waals surface area (Å²) in [6.45, 7) is 6.61. The van der Waals surface area contributed by atoms with Crippen LogP contribution in [-0.4, -0.2) is 29.9 Å². The lowest BCUT2D eigenvalue weighted by Crippen LogP contribution is -2.35. The Balaban J connectivity index is 2.75. The number of alkyl halides is 1. The monoisotopic (exact) mass is 313 g/mol. The van der Waals surface area contributed by atoms with E-state index in [9.17, 15) is 0 Å². The maximum Gasteiger partial charge on any atom is 0.119 e. The highest BCUT2D eigenvalue weighted by molar-refractivity contribution is 9.09. The largest absolute Gasteiger partial charge is 0.497 e. The van der Waals surface area contributed by atoms with Crippen molar-refractivity contribution in [2.75, 3.05) is 19.0 Å². The van der Waals surface area contributed by atoms with Crippen LogP contribution in [0.2, 0.25) is 0 Å². The quantitative estimate of drug-likeness (QED) is 0.670. The van der Waals surface area contributed by atoms with Gasteiger partial charge in [0.2, 0.25) is 0 Å². The van der Waals surface area contributed by atoms with Crippen molar-refractivity contribution in [3.8, 4) is 5.75 Å². The minimum atomic E-state index is 0.661. The maximum atomic E-state index is 5.28. The average molecular weight is 314 g/mol. The number of hydrogen-bond donors (Lipinski definition) is 0. The fourth-order valence-corrected chi connectivity index (χ4v) is 2.77. The van der Waals surface area contributed by atoms with Crippen molar-refractivity contribution in [1.82, 2.24) is 4.90 Å². The highest BCUT2D eigenvalue weighted by atomic mass is 79.9. The Morgan fingerprint density at radius 1 is 1.28 bits per heavy atom. The van der Waals surface area contributed by atoms with Crippen molar-refractivity contribution in [2.45, 2.75) is 39.3 Å². The first-order valence-corrected chi connectivity index (χ1v) is 7.80. The van der Waals surface area contributed by atoms with Crippen LogP contribution in [0.25, 0.3) is 0 Å². The lowest BCUT2D eigenvalue weighted by atomic mass is 10.1. The van der Waals surface area contributed by atoms with Crippen LogP contribution < -0.4 is 4.74 Å². The molecule has 2 nitrogen and oxygen atoms in total. The third-order valence-electron chi connectivity index (χ3n) is 3.35. The van der Waals surface area contributed by atoms with E-state index in [0.717, 1.165) is 24.2 Å². The minimum absolute atomic E-state index is 0.661. The molecule has 102 valence electrons. The van der Waals surface area contributed by atoms with Gasteiger partial charge in [0.15, 0.2) is 0 Å². The molecule has 0 unspecified atom stereocenters. The van der Waals surface area contributed by atoms with Crippen LogP contribution in [0.5, 0.6) is 5.75 Å². The summed E-state index contributed by atoms with van der Waals surface area (Å²) in [7, 11) is 1.72. The van der Waals surface area contributed by atoms with E-state index < -0.39 is 0 Å². The van der Waals surface area contributed by atoms with Gasteiger partial charge in [0.25, 0.3) is 0 Å². The highest BCUT2D eigenvalue weighted by Crippen LogP contribution is 2.17. The first-order valence-electron chi connectivity index (χ1n) is 6.68. The second-order valence-corrected chi connectivity index (χ2v) is 5.27. The zero-order chi connectivity index (χ0) is 13.4. The van der Waals surface area contributed by atoms with E-state index in [4.69, 9.17) is 4.74 Å². The van der Waals surface area contributed by atoms with Gasteiger partial charge in [-0.1, -0.05) is 41.9 Å². The number of rotatable bonds is 8. The van der Waals surface area contributed by atoms with Crippen molar-refractivity contribution in [3.63, 3.8) is 0 Å². The molecule has 1 aromatic carbocycles. The molecule has 0 fully saturated rings. The van der Waals surface area contributed by atoms with Gasteiger partial charge in [-0.15, -0.1) is 0 Å². The molecule has 0 aliphatic carbocycles. The first kappa shape index (κ1) is 15.5. The average Bonchev–Trinajstić information content (AvgIpc) is 2.40. The lowest BCUT2D eigenvalue weighted by molar-refractivity contribution is 0.189. The summed E-state index contributed by atoms with van der Waals surface area (Å²) in [5, 5.41) is 1.02. The van der Waals surface area contributed by atoms with Crippen LogP contribution in [0, 0.1) is 0 Å². The van der Waals surface area contributed by atoms with Gasteiger partial charge in [0.05, 0.1) is 7.11 Å². The number of methoxy groups -OCH3 is 1. The topological polar surface area (TPSA) is 12.5 Å². The van der Waals surface area contributed by atoms with Crippen LogP contribution in [-0.2, 0) is 6.54 Å². The molecule has 0 aromatic heterocycles. The lowest BCUT2D eigenvalue weighted by Gasteiger charge is -2.30. The molecule has 1 rings (SSSR count). The molecule has 0 aliphatic heterocycles. The number of nitrogens with zero attached hydrogens (tertiary/aromatic N) is 1. The second kappa shape index (κ2) is 8.54. The summed E-state index contributed by atoms with van der Waals surface area (Å²) >= 11 is 3.55. The Hall–Kier alpha value is -0.540. The highest BCUT2D eigenvalue weighted by Gasteiger charge is 2.14. The third-order valence-corrected chi connectivity index (χ3v) is 3.71. The molecular weight excluding hydrogens is 290 g/mol. The molecule has 0 aliphatic rings. The molecule has 0 bridgehead atoms. The maximum absolute atomic E-state index is 5.28. The predicted octanol–water partition coefficient (Wildman–Crippen LogP) is 4.08. The molecule has 0 heterocycles. The Bertz CT molecular complexity index is 339. The van der Waals surface area contributed by atoms with Gasteiger partial charge >= 0.3 is 0 Å². The van der Waals surface area contributed by atoms with E-state index in [0.29, 0.717) is 6.04 Å². The molecule has 0 saturated heterocycles. The molecule has 0 N–H and O–H groups in total. The van der Waals surface area contributed by atoms with E-state index in [1.165, 1.54) is 18.4 Å². The zero-order valence-electron chi connectivity index (χ0n) is 11.7. The molecule has 0 amide bonds. The van der Waals surface area contributed by atoms with Crippen LogP contribution in [0.15, 0.2) is 24.3 Å². The molecular formula is C15H24BrNO. The fraction of sp³-hybridized carbons (Fsp3) is 0.600. The summed E-state index contributed by atoms with van der Waals surface area (Å²) in [6.07, 6.45) is 2.40. The SMILES string of the molecule is CCC(CC)N(CCBr)Cc1cccc(OC)c1. The predicted molar refractivity (Wildman–Crippen MR) is 81.6 cm³/mol. The third kappa shape index (κ3) is 4.62. The summed E-state index contributed by atoms with van der Waals surface area (Å²) in [5.74, 6) is 0.941. The summed E-state index contributed by atoms with van der Waals surface area (Å²) < 4.78 is 5.28. The standard InChI is InChI=1S/C15H24BrNO/c1-4-14(5-2)17(10-9-16)12-13-7-6-8-15(11-13)18-3/h6-8,11,14H,4-5,9-10,12H2,1-3H3. The van der Waals surface area contributed by atoms with Gasteiger partial charge in [-0.3, -0.25) is 4.90 Å².